The number of hydrogen-bond acceptors (Lipinski definition) is 7. The van der Waals surface area contributed by atoms with Crippen LogP contribution in [-0.4, -0.2) is 34.2 Å². The Morgan fingerprint density at radius 2 is 2.11 bits per heavy atom. The number of sulfonamides is 1. The molecule has 2 aromatic rings. The number of aromatic amines is 1. The Balaban J connectivity index is 2.28. The van der Waals surface area contributed by atoms with Gasteiger partial charge in [-0.1, -0.05) is 10.4 Å². The first kappa shape index (κ1) is 12.6. The molecule has 9 nitrogen and oxygen atoms in total. The van der Waals surface area contributed by atoms with Gasteiger partial charge in [-0.25, -0.2) is 13.1 Å². The third kappa shape index (κ3) is 2.24. The second kappa shape index (κ2) is 4.46. The highest BCUT2D eigenvalue weighted by molar-refractivity contribution is 7.89. The topological polar surface area (TPSA) is 127 Å². The third-order valence-electron chi connectivity index (χ3n) is 2.32. The van der Waals surface area contributed by atoms with Gasteiger partial charge in [-0.2, -0.15) is 5.21 Å². The van der Waals surface area contributed by atoms with Crippen LogP contribution in [0.5, 0.6) is 0 Å². The van der Waals surface area contributed by atoms with Crippen molar-refractivity contribution in [2.45, 2.75) is 31.7 Å². The van der Waals surface area contributed by atoms with Crippen molar-refractivity contribution in [1.29, 1.82) is 0 Å². The number of aromatic nitrogens is 5. The summed E-state index contributed by atoms with van der Waals surface area (Å²) < 4.78 is 31.6. The lowest BCUT2D eigenvalue weighted by molar-refractivity contribution is 0.390. The summed E-state index contributed by atoms with van der Waals surface area (Å²) in [4.78, 5) is 0.0397. The van der Waals surface area contributed by atoms with Crippen LogP contribution < -0.4 is 4.72 Å². The molecule has 2 aromatic heterocycles. The van der Waals surface area contributed by atoms with Gasteiger partial charge in [0.2, 0.25) is 10.0 Å². The lowest BCUT2D eigenvalue weighted by Crippen LogP contribution is -2.28. The molecule has 1 unspecified atom stereocenters. The molecule has 1 atom stereocenters. The van der Waals surface area contributed by atoms with Gasteiger partial charge in [0, 0.05) is 0 Å². The predicted molar refractivity (Wildman–Crippen MR) is 58.9 cm³/mol. The molecule has 0 aliphatic rings. The van der Waals surface area contributed by atoms with Gasteiger partial charge in [0.1, 0.15) is 10.6 Å². The maximum Gasteiger partial charge on any atom is 0.246 e. The zero-order valence-corrected chi connectivity index (χ0v) is 10.8. The van der Waals surface area contributed by atoms with Gasteiger partial charge in [0.05, 0.1) is 6.04 Å². The van der Waals surface area contributed by atoms with Crippen LogP contribution in [0, 0.1) is 13.8 Å². The van der Waals surface area contributed by atoms with Gasteiger partial charge in [0.25, 0.3) is 0 Å². The van der Waals surface area contributed by atoms with Crippen LogP contribution in [0.2, 0.25) is 0 Å². The standard InChI is InChI=1S/C8H12N6O3S/c1-4-7(6(3)17-11-4)18(15,16)12-5(2)8-9-13-14-10-8/h5,12H,1-3H3,(H,9,10,13,14). The fourth-order valence-corrected chi connectivity index (χ4v) is 3.09. The van der Waals surface area contributed by atoms with Crippen LogP contribution in [0.25, 0.3) is 0 Å². The number of nitrogens with one attached hydrogen (secondary N) is 2. The Bertz CT molecular complexity index is 612. The molecule has 2 rings (SSSR count). The fraction of sp³-hybridized carbons (Fsp3) is 0.500. The van der Waals surface area contributed by atoms with Crippen LogP contribution in [0.3, 0.4) is 0 Å². The van der Waals surface area contributed by atoms with Gasteiger partial charge in [-0.15, -0.1) is 10.2 Å². The van der Waals surface area contributed by atoms with Crippen molar-refractivity contribution in [2.75, 3.05) is 0 Å². The third-order valence-corrected chi connectivity index (χ3v) is 4.10. The molecule has 0 saturated heterocycles. The Morgan fingerprint density at radius 3 is 2.61 bits per heavy atom. The number of rotatable bonds is 4. The van der Waals surface area contributed by atoms with Crippen LogP contribution in [0.15, 0.2) is 9.42 Å². The first-order valence-corrected chi connectivity index (χ1v) is 6.58. The highest BCUT2D eigenvalue weighted by Crippen LogP contribution is 2.20. The van der Waals surface area contributed by atoms with Gasteiger partial charge >= 0.3 is 0 Å². The Labute approximate surface area is 103 Å². The lowest BCUT2D eigenvalue weighted by Gasteiger charge is -2.10. The molecule has 0 bridgehead atoms. The summed E-state index contributed by atoms with van der Waals surface area (Å²) >= 11 is 0. The second-order valence-electron chi connectivity index (χ2n) is 3.77. The molecule has 0 saturated carbocycles. The summed E-state index contributed by atoms with van der Waals surface area (Å²) in [5, 5.41) is 16.7. The predicted octanol–water partition coefficient (Wildman–Crippen LogP) is -0.156. The van der Waals surface area contributed by atoms with E-state index in [0.717, 1.165) is 0 Å². The molecule has 0 radical (unpaired) electrons. The molecular formula is C8H12N6O3S. The highest BCUT2D eigenvalue weighted by atomic mass is 32.2. The summed E-state index contributed by atoms with van der Waals surface area (Å²) in [7, 11) is -3.73. The molecule has 0 fully saturated rings. The zero-order chi connectivity index (χ0) is 13.3. The van der Waals surface area contributed by atoms with Crippen LogP contribution in [0.1, 0.15) is 30.2 Å². The van der Waals surface area contributed by atoms with Crippen molar-refractivity contribution in [1.82, 2.24) is 30.5 Å². The Hall–Kier alpha value is -1.81. The van der Waals surface area contributed by atoms with E-state index < -0.39 is 16.1 Å². The molecule has 0 amide bonds. The van der Waals surface area contributed by atoms with Crippen LogP contribution in [0.4, 0.5) is 0 Å². The molecule has 0 aliphatic carbocycles. The van der Waals surface area contributed by atoms with Gasteiger partial charge in [-0.3, -0.25) is 0 Å². The van der Waals surface area contributed by atoms with Crippen molar-refractivity contribution >= 4 is 10.0 Å². The van der Waals surface area contributed by atoms with Gasteiger partial charge in [-0.05, 0) is 20.8 Å². The summed E-state index contributed by atoms with van der Waals surface area (Å²) in [5.74, 6) is 0.491. The summed E-state index contributed by atoms with van der Waals surface area (Å²) in [5.41, 5.74) is 0.306. The van der Waals surface area contributed by atoms with E-state index in [1.165, 1.54) is 6.92 Å². The van der Waals surface area contributed by atoms with Crippen molar-refractivity contribution in [3.05, 3.63) is 17.3 Å². The minimum Gasteiger partial charge on any atom is -0.360 e. The first-order chi connectivity index (χ1) is 8.42. The number of hydrogen-bond donors (Lipinski definition) is 2. The van der Waals surface area contributed by atoms with E-state index in [-0.39, 0.29) is 16.5 Å². The minimum atomic E-state index is -3.73. The SMILES string of the molecule is Cc1noc(C)c1S(=O)(=O)NC(C)c1nn[nH]n1. The largest absolute Gasteiger partial charge is 0.360 e. The van der Waals surface area contributed by atoms with E-state index in [2.05, 4.69) is 30.5 Å². The summed E-state index contributed by atoms with van der Waals surface area (Å²) in [6.45, 7) is 4.71. The van der Waals surface area contributed by atoms with Gasteiger partial charge in [0.15, 0.2) is 11.6 Å². The van der Waals surface area contributed by atoms with E-state index in [9.17, 15) is 8.42 Å². The number of aryl methyl sites for hydroxylation is 2. The molecule has 2 heterocycles. The molecule has 0 spiro atoms. The maximum atomic E-state index is 12.1. The van der Waals surface area contributed by atoms with E-state index in [4.69, 9.17) is 4.52 Å². The highest BCUT2D eigenvalue weighted by Gasteiger charge is 2.27. The average Bonchev–Trinajstić information content (AvgIpc) is 2.87. The minimum absolute atomic E-state index is 0.0397. The summed E-state index contributed by atoms with van der Waals surface area (Å²) in [6.07, 6.45) is 0. The number of nitrogens with zero attached hydrogens (tertiary/aromatic N) is 4. The van der Waals surface area contributed by atoms with E-state index >= 15 is 0 Å². The average molecular weight is 272 g/mol. The fourth-order valence-electron chi connectivity index (χ4n) is 1.56. The van der Waals surface area contributed by atoms with Crippen molar-refractivity contribution in [3.63, 3.8) is 0 Å². The second-order valence-corrected chi connectivity index (χ2v) is 5.42. The van der Waals surface area contributed by atoms with Crippen molar-refractivity contribution in [3.8, 4) is 0 Å². The molecule has 98 valence electrons. The van der Waals surface area contributed by atoms with E-state index in [0.29, 0.717) is 5.69 Å². The molecule has 2 N–H and O–H groups in total. The van der Waals surface area contributed by atoms with Gasteiger partial charge < -0.3 is 4.52 Å². The zero-order valence-electron chi connectivity index (χ0n) is 10.00. The summed E-state index contributed by atoms with van der Waals surface area (Å²) in [6, 6.07) is -0.609. The lowest BCUT2D eigenvalue weighted by atomic mass is 10.4. The maximum absolute atomic E-state index is 12.1. The van der Waals surface area contributed by atoms with E-state index in [1.807, 2.05) is 0 Å². The molecular weight excluding hydrogens is 260 g/mol. The quantitative estimate of drug-likeness (QED) is 0.791. The smallest absolute Gasteiger partial charge is 0.246 e. The normalized spacial score (nSPS) is 13.7. The van der Waals surface area contributed by atoms with Crippen LogP contribution >= 0.6 is 0 Å². The van der Waals surface area contributed by atoms with Crippen molar-refractivity contribution in [2.24, 2.45) is 0 Å². The van der Waals surface area contributed by atoms with E-state index in [1.54, 1.807) is 13.8 Å². The van der Waals surface area contributed by atoms with Crippen LogP contribution in [-0.2, 0) is 10.0 Å². The first-order valence-electron chi connectivity index (χ1n) is 5.10. The number of H-pyrrole nitrogens is 1. The Kier molecular flexibility index (Phi) is 3.13. The monoisotopic (exact) mass is 272 g/mol. The van der Waals surface area contributed by atoms with Crippen molar-refractivity contribution < 1.29 is 12.9 Å². The number of tetrazole rings is 1. The molecule has 0 aliphatic heterocycles. The molecule has 18 heavy (non-hydrogen) atoms. The molecule has 0 aromatic carbocycles. The Morgan fingerprint density at radius 1 is 1.39 bits per heavy atom. The molecule has 10 heteroatoms.